The summed E-state index contributed by atoms with van der Waals surface area (Å²) < 4.78 is 1.13. The van der Waals surface area contributed by atoms with Crippen molar-refractivity contribution in [2.75, 3.05) is 13.1 Å². The maximum atomic E-state index is 12.4. The second kappa shape index (κ2) is 4.62. The maximum absolute atomic E-state index is 12.4. The number of amides is 1. The number of rotatable bonds is 3. The van der Waals surface area contributed by atoms with E-state index in [1.54, 1.807) is 16.2 Å². The summed E-state index contributed by atoms with van der Waals surface area (Å²) in [6.07, 6.45) is 1.71. The van der Waals surface area contributed by atoms with Crippen molar-refractivity contribution in [2.24, 2.45) is 0 Å². The largest absolute Gasteiger partial charge is 0.386 e. The molecule has 0 radical (unpaired) electrons. The average Bonchev–Trinajstić information content (AvgIpc) is 2.79. The van der Waals surface area contributed by atoms with Crippen LogP contribution in [-0.4, -0.2) is 34.6 Å². The molecule has 100 valence electrons. The van der Waals surface area contributed by atoms with Gasteiger partial charge in [0.2, 0.25) is 0 Å². The van der Waals surface area contributed by atoms with Gasteiger partial charge in [-0.1, -0.05) is 31.5 Å². The SMILES string of the molecule is CCCC1(O)CN(C(=O)c2csc3ccccc23)C1. The van der Waals surface area contributed by atoms with Crippen molar-refractivity contribution in [1.82, 2.24) is 4.90 Å². The molecule has 1 aliphatic heterocycles. The van der Waals surface area contributed by atoms with Crippen LogP contribution in [0.25, 0.3) is 10.1 Å². The molecule has 3 rings (SSSR count). The van der Waals surface area contributed by atoms with E-state index in [2.05, 4.69) is 6.92 Å². The normalized spacial score (nSPS) is 17.5. The second-order valence-electron chi connectivity index (χ2n) is 5.28. The van der Waals surface area contributed by atoms with Crippen LogP contribution in [0.15, 0.2) is 29.6 Å². The lowest BCUT2D eigenvalue weighted by Gasteiger charge is -2.46. The minimum absolute atomic E-state index is 0.0400. The topological polar surface area (TPSA) is 40.5 Å². The molecule has 1 saturated heterocycles. The van der Waals surface area contributed by atoms with Gasteiger partial charge in [-0.2, -0.15) is 0 Å². The summed E-state index contributed by atoms with van der Waals surface area (Å²) in [5.74, 6) is 0.0400. The number of fused-ring (bicyclic) bond motifs is 1. The molecule has 4 heteroatoms. The van der Waals surface area contributed by atoms with Crippen LogP contribution < -0.4 is 0 Å². The van der Waals surface area contributed by atoms with Gasteiger partial charge in [-0.3, -0.25) is 4.79 Å². The minimum atomic E-state index is -0.657. The van der Waals surface area contributed by atoms with E-state index in [9.17, 15) is 9.90 Å². The van der Waals surface area contributed by atoms with Crippen LogP contribution in [0.4, 0.5) is 0 Å². The first-order valence-corrected chi connectivity index (χ1v) is 7.49. The molecule has 1 fully saturated rings. The van der Waals surface area contributed by atoms with E-state index in [1.165, 1.54) is 0 Å². The Morgan fingerprint density at radius 1 is 1.42 bits per heavy atom. The van der Waals surface area contributed by atoms with Crippen molar-refractivity contribution in [3.8, 4) is 0 Å². The van der Waals surface area contributed by atoms with E-state index in [4.69, 9.17) is 0 Å². The Bertz CT molecular complexity index is 613. The second-order valence-corrected chi connectivity index (χ2v) is 6.19. The molecule has 3 nitrogen and oxygen atoms in total. The molecule has 1 N–H and O–H groups in total. The molecule has 1 aromatic heterocycles. The van der Waals surface area contributed by atoms with Gasteiger partial charge in [0.15, 0.2) is 0 Å². The highest BCUT2D eigenvalue weighted by Gasteiger charge is 2.43. The summed E-state index contributed by atoms with van der Waals surface area (Å²) in [4.78, 5) is 14.2. The van der Waals surface area contributed by atoms with Gasteiger partial charge in [-0.25, -0.2) is 0 Å². The number of nitrogens with zero attached hydrogens (tertiary/aromatic N) is 1. The van der Waals surface area contributed by atoms with Crippen LogP contribution in [-0.2, 0) is 0 Å². The molecule has 2 heterocycles. The molecule has 0 atom stereocenters. The van der Waals surface area contributed by atoms with Crippen molar-refractivity contribution >= 4 is 27.3 Å². The summed E-state index contributed by atoms with van der Waals surface area (Å²) in [6.45, 7) is 2.97. The molecule has 0 aliphatic carbocycles. The number of thiophene rings is 1. The van der Waals surface area contributed by atoms with Gasteiger partial charge in [-0.05, 0) is 12.5 Å². The fraction of sp³-hybridized carbons (Fsp3) is 0.400. The highest BCUT2D eigenvalue weighted by Crippen LogP contribution is 2.31. The van der Waals surface area contributed by atoms with E-state index in [0.29, 0.717) is 13.1 Å². The Labute approximate surface area is 116 Å². The molecule has 1 aromatic carbocycles. The quantitative estimate of drug-likeness (QED) is 0.935. The third-order valence-corrected chi connectivity index (χ3v) is 4.65. The molecule has 0 bridgehead atoms. The van der Waals surface area contributed by atoms with Gasteiger partial charge in [0.1, 0.15) is 0 Å². The Hall–Kier alpha value is -1.39. The molecule has 2 aromatic rings. The third kappa shape index (κ3) is 2.15. The predicted octanol–water partition coefficient (Wildman–Crippen LogP) is 2.89. The maximum Gasteiger partial charge on any atom is 0.255 e. The average molecular weight is 275 g/mol. The fourth-order valence-electron chi connectivity index (χ4n) is 2.75. The number of aliphatic hydroxyl groups is 1. The zero-order valence-electron chi connectivity index (χ0n) is 10.9. The van der Waals surface area contributed by atoms with E-state index >= 15 is 0 Å². The van der Waals surface area contributed by atoms with Gasteiger partial charge in [0, 0.05) is 15.5 Å². The summed E-state index contributed by atoms with van der Waals surface area (Å²) in [7, 11) is 0. The van der Waals surface area contributed by atoms with Crippen LogP contribution in [0.3, 0.4) is 0 Å². The van der Waals surface area contributed by atoms with Gasteiger partial charge in [0.25, 0.3) is 5.91 Å². The number of hydrogen-bond donors (Lipinski definition) is 1. The lowest BCUT2D eigenvalue weighted by Crippen LogP contribution is -2.63. The zero-order chi connectivity index (χ0) is 13.5. The molecule has 1 amide bonds. The summed E-state index contributed by atoms with van der Waals surface area (Å²) in [5, 5.41) is 13.1. The van der Waals surface area contributed by atoms with E-state index in [1.807, 2.05) is 29.6 Å². The highest BCUT2D eigenvalue weighted by atomic mass is 32.1. The molecule has 0 spiro atoms. The van der Waals surface area contributed by atoms with Gasteiger partial charge < -0.3 is 10.0 Å². The van der Waals surface area contributed by atoms with Crippen molar-refractivity contribution in [1.29, 1.82) is 0 Å². The first-order chi connectivity index (χ1) is 9.13. The fourth-order valence-corrected chi connectivity index (χ4v) is 3.68. The lowest BCUT2D eigenvalue weighted by molar-refractivity contribution is -0.0859. The van der Waals surface area contributed by atoms with Crippen LogP contribution in [0, 0.1) is 0 Å². The van der Waals surface area contributed by atoms with Crippen LogP contribution in [0.2, 0.25) is 0 Å². The smallest absolute Gasteiger partial charge is 0.255 e. The van der Waals surface area contributed by atoms with E-state index < -0.39 is 5.60 Å². The number of carbonyl (C=O) groups is 1. The van der Waals surface area contributed by atoms with E-state index in [0.717, 1.165) is 28.5 Å². The Kier molecular flexibility index (Phi) is 3.07. The summed E-state index contributed by atoms with van der Waals surface area (Å²) >= 11 is 1.59. The Morgan fingerprint density at radius 3 is 2.89 bits per heavy atom. The molecule has 0 unspecified atom stereocenters. The van der Waals surface area contributed by atoms with E-state index in [-0.39, 0.29) is 5.91 Å². The molecular weight excluding hydrogens is 258 g/mol. The molecule has 1 aliphatic rings. The number of hydrogen-bond acceptors (Lipinski definition) is 3. The standard InChI is InChI=1S/C15H17NO2S/c1-2-7-15(18)9-16(10-15)14(17)12-8-19-13-6-4-3-5-11(12)13/h3-6,8,18H,2,7,9-10H2,1H3. The van der Waals surface area contributed by atoms with Crippen LogP contribution >= 0.6 is 11.3 Å². The van der Waals surface area contributed by atoms with Crippen molar-refractivity contribution < 1.29 is 9.90 Å². The Balaban J connectivity index is 1.79. The van der Waals surface area contributed by atoms with Crippen LogP contribution in [0.5, 0.6) is 0 Å². The van der Waals surface area contributed by atoms with Crippen LogP contribution in [0.1, 0.15) is 30.1 Å². The van der Waals surface area contributed by atoms with Gasteiger partial charge in [0.05, 0.1) is 24.3 Å². The first-order valence-electron chi connectivity index (χ1n) is 6.61. The first kappa shape index (κ1) is 12.6. The summed E-state index contributed by atoms with van der Waals surface area (Å²) in [5.41, 5.74) is 0.107. The Morgan fingerprint density at radius 2 is 2.16 bits per heavy atom. The third-order valence-electron chi connectivity index (χ3n) is 3.68. The molecule has 19 heavy (non-hydrogen) atoms. The zero-order valence-corrected chi connectivity index (χ0v) is 11.7. The molecular formula is C15H17NO2S. The predicted molar refractivity (Wildman–Crippen MR) is 77.6 cm³/mol. The van der Waals surface area contributed by atoms with Crippen molar-refractivity contribution in [2.45, 2.75) is 25.4 Å². The number of likely N-dealkylation sites (tertiary alicyclic amines) is 1. The summed E-state index contributed by atoms with van der Waals surface area (Å²) in [6, 6.07) is 7.95. The van der Waals surface area contributed by atoms with Gasteiger partial charge >= 0.3 is 0 Å². The van der Waals surface area contributed by atoms with Crippen molar-refractivity contribution in [3.63, 3.8) is 0 Å². The minimum Gasteiger partial charge on any atom is -0.386 e. The van der Waals surface area contributed by atoms with Crippen molar-refractivity contribution in [3.05, 3.63) is 35.2 Å². The monoisotopic (exact) mass is 275 g/mol. The lowest BCUT2D eigenvalue weighted by atomic mass is 9.89. The number of benzene rings is 1. The highest BCUT2D eigenvalue weighted by molar-refractivity contribution is 7.17. The van der Waals surface area contributed by atoms with Gasteiger partial charge in [-0.15, -0.1) is 11.3 Å². The number of carbonyl (C=O) groups excluding carboxylic acids is 1. The molecule has 0 saturated carbocycles. The number of β-amino-alcohol motifs (C(OH)–C–C–N with tert-alkyl or cyclic N) is 1.